The second-order valence-corrected chi connectivity index (χ2v) is 4.62. The number of hydrogen-bond acceptors (Lipinski definition) is 4. The van der Waals surface area contributed by atoms with Crippen molar-refractivity contribution in [2.24, 2.45) is 0 Å². The second kappa shape index (κ2) is 6.11. The molecule has 0 aromatic rings. The minimum absolute atomic E-state index is 0.125. The molecule has 0 fully saturated rings. The second-order valence-electron chi connectivity index (χ2n) is 4.62. The summed E-state index contributed by atoms with van der Waals surface area (Å²) in [7, 11) is 0. The Labute approximate surface area is 95.8 Å². The molecule has 0 aromatic carbocycles. The zero-order valence-electron chi connectivity index (χ0n) is 10.2. The maximum absolute atomic E-state index is 11.3. The third-order valence-corrected chi connectivity index (χ3v) is 1.57. The van der Waals surface area contributed by atoms with Crippen LogP contribution in [0.5, 0.6) is 0 Å². The molecule has 0 radical (unpaired) electrons. The van der Waals surface area contributed by atoms with Gasteiger partial charge in [-0.25, -0.2) is 4.79 Å². The smallest absolute Gasteiger partial charge is 0.407 e. The van der Waals surface area contributed by atoms with Crippen LogP contribution in [0.3, 0.4) is 0 Å². The Morgan fingerprint density at radius 1 is 1.44 bits per heavy atom. The third kappa shape index (κ3) is 7.80. The van der Waals surface area contributed by atoms with E-state index in [0.717, 1.165) is 0 Å². The number of amides is 1. The summed E-state index contributed by atoms with van der Waals surface area (Å²) in [5.41, 5.74) is -0.555. The zero-order chi connectivity index (χ0) is 12.8. The van der Waals surface area contributed by atoms with Crippen LogP contribution in [0.25, 0.3) is 0 Å². The number of alkyl carbamates (subject to hydrolysis) is 1. The van der Waals surface area contributed by atoms with Crippen LogP contribution in [0.1, 0.15) is 40.5 Å². The van der Waals surface area contributed by atoms with Gasteiger partial charge in [0.25, 0.3) is 0 Å². The first kappa shape index (κ1) is 14.4. The Bertz CT molecular complexity index is 299. The van der Waals surface area contributed by atoms with Gasteiger partial charge in [0, 0.05) is 12.5 Å². The van der Waals surface area contributed by atoms with Crippen LogP contribution < -0.4 is 5.32 Å². The van der Waals surface area contributed by atoms with Crippen molar-refractivity contribution in [1.82, 2.24) is 5.32 Å². The lowest BCUT2D eigenvalue weighted by atomic mass is 10.1. The van der Waals surface area contributed by atoms with Gasteiger partial charge in [0.1, 0.15) is 11.4 Å². The molecule has 0 heterocycles. The van der Waals surface area contributed by atoms with Crippen molar-refractivity contribution >= 4 is 11.9 Å². The van der Waals surface area contributed by atoms with Gasteiger partial charge in [0.2, 0.25) is 0 Å². The van der Waals surface area contributed by atoms with Gasteiger partial charge in [-0.1, -0.05) is 0 Å². The van der Waals surface area contributed by atoms with E-state index in [-0.39, 0.29) is 24.7 Å². The van der Waals surface area contributed by atoms with E-state index in [9.17, 15) is 9.59 Å². The molecule has 0 saturated carbocycles. The van der Waals surface area contributed by atoms with E-state index in [2.05, 4.69) is 5.32 Å². The fourth-order valence-corrected chi connectivity index (χ4v) is 1.06. The molecule has 0 aliphatic rings. The van der Waals surface area contributed by atoms with Gasteiger partial charge in [0.15, 0.2) is 0 Å². The maximum atomic E-state index is 11.3. The lowest BCUT2D eigenvalue weighted by Crippen LogP contribution is -2.38. The number of hydrogen-bond donors (Lipinski definition) is 1. The summed E-state index contributed by atoms with van der Waals surface area (Å²) in [6.45, 7) is 6.98. The van der Waals surface area contributed by atoms with E-state index in [1.165, 1.54) is 0 Å². The van der Waals surface area contributed by atoms with Gasteiger partial charge in [-0.3, -0.25) is 4.79 Å². The average Bonchev–Trinajstić information content (AvgIpc) is 1.98. The summed E-state index contributed by atoms with van der Waals surface area (Å²) in [5.74, 6) is -0.189. The van der Waals surface area contributed by atoms with Crippen LogP contribution >= 0.6 is 0 Å². The molecule has 0 rings (SSSR count). The number of nitrogens with zero attached hydrogens (tertiary/aromatic N) is 1. The Morgan fingerprint density at radius 2 is 2.00 bits per heavy atom. The SMILES string of the molecule is CC(CC(=O)CC#N)NC(=O)OC(C)(C)C. The number of rotatable bonds is 4. The van der Waals surface area contributed by atoms with Gasteiger partial charge < -0.3 is 10.1 Å². The number of carbonyl (C=O) groups excluding carboxylic acids is 2. The first-order valence-electron chi connectivity index (χ1n) is 5.13. The third-order valence-electron chi connectivity index (χ3n) is 1.57. The molecule has 0 spiro atoms. The lowest BCUT2D eigenvalue weighted by molar-refractivity contribution is -0.118. The molecule has 1 unspecified atom stereocenters. The lowest BCUT2D eigenvalue weighted by Gasteiger charge is -2.21. The van der Waals surface area contributed by atoms with Crippen molar-refractivity contribution in [1.29, 1.82) is 5.26 Å². The highest BCUT2D eigenvalue weighted by Gasteiger charge is 2.18. The zero-order valence-corrected chi connectivity index (χ0v) is 10.2. The van der Waals surface area contributed by atoms with Crippen molar-refractivity contribution in [3.63, 3.8) is 0 Å². The van der Waals surface area contributed by atoms with Crippen molar-refractivity contribution in [2.75, 3.05) is 0 Å². The molecule has 1 amide bonds. The van der Waals surface area contributed by atoms with Crippen LogP contribution in [0.15, 0.2) is 0 Å². The fourth-order valence-electron chi connectivity index (χ4n) is 1.06. The molecule has 0 bridgehead atoms. The molecule has 16 heavy (non-hydrogen) atoms. The van der Waals surface area contributed by atoms with Crippen LogP contribution in [-0.4, -0.2) is 23.5 Å². The topological polar surface area (TPSA) is 79.2 Å². The number of carbonyl (C=O) groups is 2. The van der Waals surface area contributed by atoms with Crippen LogP contribution in [0.4, 0.5) is 4.79 Å². The molecule has 0 saturated heterocycles. The summed E-state index contributed by atoms with van der Waals surface area (Å²) in [5, 5.41) is 10.8. The fraction of sp³-hybridized carbons (Fsp3) is 0.727. The molecule has 0 aliphatic carbocycles. The predicted molar refractivity (Wildman–Crippen MR) is 58.7 cm³/mol. The molecule has 5 heteroatoms. The summed E-state index contributed by atoms with van der Waals surface area (Å²) in [6.07, 6.45) is -0.530. The average molecular weight is 226 g/mol. The first-order chi connectivity index (χ1) is 7.24. The number of ether oxygens (including phenoxy) is 1. The number of Topliss-reactive ketones (excluding diaryl/α,β-unsaturated/α-hetero) is 1. The molecule has 1 N–H and O–H groups in total. The Hall–Kier alpha value is -1.57. The summed E-state index contributed by atoms with van der Waals surface area (Å²) >= 11 is 0. The molecule has 0 aromatic heterocycles. The van der Waals surface area contributed by atoms with E-state index >= 15 is 0 Å². The minimum atomic E-state index is -0.555. The molecule has 90 valence electrons. The number of nitrogens with one attached hydrogen (secondary N) is 1. The molecule has 1 atom stereocenters. The molecule has 0 aliphatic heterocycles. The van der Waals surface area contributed by atoms with Gasteiger partial charge in [-0.05, 0) is 27.7 Å². The van der Waals surface area contributed by atoms with Crippen molar-refractivity contribution in [2.45, 2.75) is 52.2 Å². The predicted octanol–water partition coefficient (Wildman–Crippen LogP) is 1.77. The van der Waals surface area contributed by atoms with Gasteiger partial charge in [0.05, 0.1) is 12.5 Å². The van der Waals surface area contributed by atoms with Gasteiger partial charge >= 0.3 is 6.09 Å². The summed E-state index contributed by atoms with van der Waals surface area (Å²) < 4.78 is 5.02. The largest absolute Gasteiger partial charge is 0.444 e. The molecular weight excluding hydrogens is 208 g/mol. The Morgan fingerprint density at radius 3 is 2.44 bits per heavy atom. The first-order valence-corrected chi connectivity index (χ1v) is 5.13. The summed E-state index contributed by atoms with van der Waals surface area (Å²) in [4.78, 5) is 22.4. The van der Waals surface area contributed by atoms with Gasteiger partial charge in [-0.2, -0.15) is 5.26 Å². The maximum Gasteiger partial charge on any atom is 0.407 e. The molecular formula is C11H18N2O3. The molecule has 5 nitrogen and oxygen atoms in total. The number of ketones is 1. The highest BCUT2D eigenvalue weighted by Crippen LogP contribution is 2.07. The quantitative estimate of drug-likeness (QED) is 0.792. The highest BCUT2D eigenvalue weighted by atomic mass is 16.6. The normalized spacial score (nSPS) is 12.4. The van der Waals surface area contributed by atoms with Crippen molar-refractivity contribution < 1.29 is 14.3 Å². The van der Waals surface area contributed by atoms with E-state index in [0.29, 0.717) is 0 Å². The standard InChI is InChI=1S/C11H18N2O3/c1-8(7-9(14)5-6-12)13-10(15)16-11(2,3)4/h8H,5,7H2,1-4H3,(H,13,15). The Kier molecular flexibility index (Phi) is 5.51. The minimum Gasteiger partial charge on any atom is -0.444 e. The van der Waals surface area contributed by atoms with Crippen molar-refractivity contribution in [3.8, 4) is 6.07 Å². The van der Waals surface area contributed by atoms with Crippen LogP contribution in [-0.2, 0) is 9.53 Å². The number of nitriles is 1. The van der Waals surface area contributed by atoms with E-state index in [4.69, 9.17) is 10.00 Å². The van der Waals surface area contributed by atoms with E-state index in [1.54, 1.807) is 33.8 Å². The van der Waals surface area contributed by atoms with E-state index in [1.807, 2.05) is 0 Å². The highest BCUT2D eigenvalue weighted by molar-refractivity contribution is 5.81. The van der Waals surface area contributed by atoms with E-state index < -0.39 is 11.7 Å². The Balaban J connectivity index is 3.97. The van der Waals surface area contributed by atoms with Crippen LogP contribution in [0, 0.1) is 11.3 Å². The monoisotopic (exact) mass is 226 g/mol. The van der Waals surface area contributed by atoms with Crippen LogP contribution in [0.2, 0.25) is 0 Å². The van der Waals surface area contributed by atoms with Crippen molar-refractivity contribution in [3.05, 3.63) is 0 Å². The summed E-state index contributed by atoms with van der Waals surface area (Å²) in [6, 6.07) is 1.45. The van der Waals surface area contributed by atoms with Gasteiger partial charge in [-0.15, -0.1) is 0 Å².